The van der Waals surface area contributed by atoms with Crippen LogP contribution in [0.5, 0.6) is 11.5 Å². The fraction of sp³-hybridized carbons (Fsp3) is 0.217. The van der Waals surface area contributed by atoms with Gasteiger partial charge in [-0.25, -0.2) is 0 Å². The van der Waals surface area contributed by atoms with Crippen LogP contribution in [0.3, 0.4) is 0 Å². The summed E-state index contributed by atoms with van der Waals surface area (Å²) in [6.07, 6.45) is 4.89. The Morgan fingerprint density at radius 2 is 1.75 bits per heavy atom. The molecule has 0 saturated carbocycles. The van der Waals surface area contributed by atoms with Gasteiger partial charge < -0.3 is 9.64 Å². The van der Waals surface area contributed by atoms with Gasteiger partial charge in [-0.15, -0.1) is 0 Å². The summed E-state index contributed by atoms with van der Waals surface area (Å²) >= 11 is 0. The molecule has 0 aliphatic carbocycles. The summed E-state index contributed by atoms with van der Waals surface area (Å²) in [6, 6.07) is 20.4. The van der Waals surface area contributed by atoms with Gasteiger partial charge in [-0.3, -0.25) is 9.67 Å². The second kappa shape index (κ2) is 7.09. The lowest BCUT2D eigenvalue weighted by atomic mass is 10.1. The maximum atomic E-state index is 5.91. The second-order valence-corrected chi connectivity index (χ2v) is 7.33. The Morgan fingerprint density at radius 1 is 0.964 bits per heavy atom. The lowest BCUT2D eigenvalue weighted by Gasteiger charge is -2.12. The molecule has 1 aliphatic rings. The Hall–Kier alpha value is -3.18. The third-order valence-corrected chi connectivity index (χ3v) is 5.33. The molecule has 1 aliphatic heterocycles. The molecule has 0 radical (unpaired) electrons. The first kappa shape index (κ1) is 17.0. The number of aromatic nitrogens is 3. The van der Waals surface area contributed by atoms with Gasteiger partial charge in [0.2, 0.25) is 0 Å². The van der Waals surface area contributed by atoms with Crippen molar-refractivity contribution in [2.75, 3.05) is 20.1 Å². The van der Waals surface area contributed by atoms with Crippen molar-refractivity contribution in [3.63, 3.8) is 0 Å². The number of benzene rings is 2. The SMILES string of the molecule is CN1CC[C@@H](n2nc(-c3ccc(Oc4ccccc4)cc3)c3cnccc32)C1. The van der Waals surface area contributed by atoms with Gasteiger partial charge in [0.1, 0.15) is 17.2 Å². The topological polar surface area (TPSA) is 43.2 Å². The van der Waals surface area contributed by atoms with E-state index < -0.39 is 0 Å². The molecule has 0 N–H and O–H groups in total. The third kappa shape index (κ3) is 3.14. The summed E-state index contributed by atoms with van der Waals surface area (Å²) in [7, 11) is 2.17. The van der Waals surface area contributed by atoms with Gasteiger partial charge in [-0.05, 0) is 62.5 Å². The molecule has 4 aromatic rings. The molecule has 1 atom stereocenters. The highest BCUT2D eigenvalue weighted by atomic mass is 16.5. The van der Waals surface area contributed by atoms with E-state index in [1.807, 2.05) is 54.9 Å². The number of hydrogen-bond acceptors (Lipinski definition) is 4. The molecule has 0 bridgehead atoms. The van der Waals surface area contributed by atoms with Gasteiger partial charge in [0.05, 0.1) is 11.6 Å². The molecule has 2 aromatic heterocycles. The summed E-state index contributed by atoms with van der Waals surface area (Å²) in [6.45, 7) is 2.14. The van der Waals surface area contributed by atoms with Crippen molar-refractivity contribution in [2.24, 2.45) is 0 Å². The zero-order valence-corrected chi connectivity index (χ0v) is 15.8. The minimum Gasteiger partial charge on any atom is -0.457 e. The molecule has 28 heavy (non-hydrogen) atoms. The molecule has 1 saturated heterocycles. The normalized spacial score (nSPS) is 17.2. The molecule has 5 nitrogen and oxygen atoms in total. The Bertz CT molecular complexity index is 1090. The van der Waals surface area contributed by atoms with Gasteiger partial charge in [0.25, 0.3) is 0 Å². The summed E-state index contributed by atoms with van der Waals surface area (Å²) in [4.78, 5) is 6.69. The number of rotatable bonds is 4. The van der Waals surface area contributed by atoms with Crippen LogP contribution in [0, 0.1) is 0 Å². The van der Waals surface area contributed by atoms with Crippen LogP contribution in [0.2, 0.25) is 0 Å². The fourth-order valence-electron chi connectivity index (χ4n) is 3.89. The number of ether oxygens (including phenoxy) is 1. The predicted octanol–water partition coefficient (Wildman–Crippen LogP) is 4.77. The number of fused-ring (bicyclic) bond motifs is 1. The lowest BCUT2D eigenvalue weighted by molar-refractivity contribution is 0.386. The minimum atomic E-state index is 0.407. The average Bonchev–Trinajstić information content (AvgIpc) is 3.33. The number of nitrogens with zero attached hydrogens (tertiary/aromatic N) is 4. The molecule has 0 spiro atoms. The Labute approximate surface area is 164 Å². The molecule has 0 unspecified atom stereocenters. The van der Waals surface area contributed by atoms with Crippen molar-refractivity contribution in [3.05, 3.63) is 73.1 Å². The molecule has 0 amide bonds. The molecule has 1 fully saturated rings. The maximum absolute atomic E-state index is 5.91. The maximum Gasteiger partial charge on any atom is 0.127 e. The van der Waals surface area contributed by atoms with Crippen molar-refractivity contribution in [2.45, 2.75) is 12.5 Å². The van der Waals surface area contributed by atoms with E-state index in [2.05, 4.69) is 39.8 Å². The summed E-state index contributed by atoms with van der Waals surface area (Å²) in [5.74, 6) is 1.65. The van der Waals surface area contributed by atoms with Gasteiger partial charge in [-0.1, -0.05) is 18.2 Å². The minimum absolute atomic E-state index is 0.407. The summed E-state index contributed by atoms with van der Waals surface area (Å²) in [5.41, 5.74) is 3.20. The van der Waals surface area contributed by atoms with Crippen molar-refractivity contribution in [3.8, 4) is 22.8 Å². The van der Waals surface area contributed by atoms with E-state index in [4.69, 9.17) is 9.84 Å². The standard InChI is InChI=1S/C23H22N4O/c1-26-14-12-18(16-26)27-22-11-13-24-15-21(22)23(25-27)17-7-9-20(10-8-17)28-19-5-3-2-4-6-19/h2-11,13,15,18H,12,14,16H2,1H3/t18-/m1/s1. The highest BCUT2D eigenvalue weighted by molar-refractivity contribution is 5.92. The second-order valence-electron chi connectivity index (χ2n) is 7.33. The highest BCUT2D eigenvalue weighted by Gasteiger charge is 2.25. The lowest BCUT2D eigenvalue weighted by Crippen LogP contribution is -2.17. The molecule has 140 valence electrons. The van der Waals surface area contributed by atoms with Crippen LogP contribution in [-0.2, 0) is 0 Å². The zero-order chi connectivity index (χ0) is 18.9. The average molecular weight is 370 g/mol. The molecule has 5 rings (SSSR count). The largest absolute Gasteiger partial charge is 0.457 e. The number of hydrogen-bond donors (Lipinski definition) is 0. The van der Waals surface area contributed by atoms with Gasteiger partial charge in [-0.2, -0.15) is 5.10 Å². The third-order valence-electron chi connectivity index (χ3n) is 5.33. The Morgan fingerprint density at radius 3 is 2.50 bits per heavy atom. The van der Waals surface area contributed by atoms with Crippen LogP contribution in [0.4, 0.5) is 0 Å². The van der Waals surface area contributed by atoms with Crippen LogP contribution >= 0.6 is 0 Å². The van der Waals surface area contributed by atoms with Crippen molar-refractivity contribution < 1.29 is 4.74 Å². The van der Waals surface area contributed by atoms with E-state index in [1.54, 1.807) is 0 Å². The van der Waals surface area contributed by atoms with E-state index in [-0.39, 0.29) is 0 Å². The highest BCUT2D eigenvalue weighted by Crippen LogP contribution is 2.33. The molecule has 2 aromatic carbocycles. The van der Waals surface area contributed by atoms with Gasteiger partial charge >= 0.3 is 0 Å². The van der Waals surface area contributed by atoms with E-state index in [0.29, 0.717) is 6.04 Å². The van der Waals surface area contributed by atoms with Gasteiger partial charge in [0.15, 0.2) is 0 Å². The van der Waals surface area contributed by atoms with Crippen LogP contribution in [0.15, 0.2) is 73.1 Å². The first-order valence-electron chi connectivity index (χ1n) is 9.62. The quantitative estimate of drug-likeness (QED) is 0.519. The van der Waals surface area contributed by atoms with Crippen molar-refractivity contribution in [1.82, 2.24) is 19.7 Å². The summed E-state index contributed by atoms with van der Waals surface area (Å²) < 4.78 is 8.10. The molecular formula is C23H22N4O. The van der Waals surface area contributed by atoms with Crippen LogP contribution in [0.25, 0.3) is 22.2 Å². The van der Waals surface area contributed by atoms with Gasteiger partial charge in [0, 0.05) is 29.9 Å². The van der Waals surface area contributed by atoms with Crippen LogP contribution in [-0.4, -0.2) is 39.8 Å². The van der Waals surface area contributed by atoms with Crippen molar-refractivity contribution >= 4 is 10.9 Å². The number of para-hydroxylation sites is 1. The first-order valence-corrected chi connectivity index (χ1v) is 9.62. The fourth-order valence-corrected chi connectivity index (χ4v) is 3.89. The van der Waals surface area contributed by atoms with E-state index >= 15 is 0 Å². The Kier molecular flexibility index (Phi) is 4.29. The first-order chi connectivity index (χ1) is 13.8. The summed E-state index contributed by atoms with van der Waals surface area (Å²) in [5, 5.41) is 6.09. The van der Waals surface area contributed by atoms with Crippen LogP contribution in [0.1, 0.15) is 12.5 Å². The van der Waals surface area contributed by atoms with E-state index in [1.165, 1.54) is 0 Å². The number of pyridine rings is 1. The predicted molar refractivity (Wildman–Crippen MR) is 111 cm³/mol. The number of likely N-dealkylation sites (N-methyl/N-ethyl adjacent to an activating group) is 1. The zero-order valence-electron chi connectivity index (χ0n) is 15.8. The van der Waals surface area contributed by atoms with E-state index in [0.717, 1.165) is 53.2 Å². The van der Waals surface area contributed by atoms with Crippen LogP contribution < -0.4 is 4.74 Å². The monoisotopic (exact) mass is 370 g/mol. The molecule has 3 heterocycles. The molecule has 5 heteroatoms. The Balaban J connectivity index is 1.49. The van der Waals surface area contributed by atoms with Crippen molar-refractivity contribution in [1.29, 1.82) is 0 Å². The number of likely N-dealkylation sites (tertiary alicyclic amines) is 1. The smallest absolute Gasteiger partial charge is 0.127 e. The van der Waals surface area contributed by atoms with E-state index in [9.17, 15) is 0 Å². The molecular weight excluding hydrogens is 348 g/mol.